The normalized spacial score (nSPS) is 22.8. The fourth-order valence-corrected chi connectivity index (χ4v) is 4.84. The van der Waals surface area contributed by atoms with Crippen molar-refractivity contribution in [3.8, 4) is 0 Å². The number of hydrogen-bond acceptors (Lipinski definition) is 4. The van der Waals surface area contributed by atoms with Gasteiger partial charge in [0.05, 0.1) is 11.5 Å². The van der Waals surface area contributed by atoms with Gasteiger partial charge in [-0.25, -0.2) is 4.99 Å². The molecule has 2 heterocycles. The number of aryl methyl sites for hydroxylation is 1. The zero-order valence-corrected chi connectivity index (χ0v) is 16.7. The molecule has 1 aromatic carbocycles. The third-order valence-corrected chi connectivity index (χ3v) is 6.48. The summed E-state index contributed by atoms with van der Waals surface area (Å²) in [4.78, 5) is 9.60. The molecule has 0 radical (unpaired) electrons. The predicted molar refractivity (Wildman–Crippen MR) is 113 cm³/mol. The minimum absolute atomic E-state index is 0.414. The molecule has 0 spiro atoms. The number of piperazine rings is 1. The molecular weight excluding hydrogens is 356 g/mol. The van der Waals surface area contributed by atoms with Crippen LogP contribution in [0.25, 0.3) is 0 Å². The highest BCUT2D eigenvalue weighted by Crippen LogP contribution is 2.36. The van der Waals surface area contributed by atoms with E-state index in [1.165, 1.54) is 10.6 Å². The number of rotatable bonds is 4. The third kappa shape index (κ3) is 3.82. The molecule has 1 fully saturated rings. The van der Waals surface area contributed by atoms with Crippen LogP contribution >= 0.6 is 11.3 Å². The van der Waals surface area contributed by atoms with Gasteiger partial charge in [0, 0.05) is 32.7 Å². The maximum Gasteiger partial charge on any atom is 0.194 e. The Kier molecular flexibility index (Phi) is 5.36. The van der Waals surface area contributed by atoms with Gasteiger partial charge >= 0.3 is 0 Å². The van der Waals surface area contributed by atoms with Crippen molar-refractivity contribution in [3.63, 3.8) is 0 Å². The maximum absolute atomic E-state index is 11.2. The number of fused-ring (bicyclic) bond motifs is 1. The summed E-state index contributed by atoms with van der Waals surface area (Å²) in [6.45, 7) is 7.22. The zero-order chi connectivity index (χ0) is 18.7. The molecule has 6 heteroatoms. The smallest absolute Gasteiger partial charge is 0.194 e. The molecule has 1 atom stereocenters. The molecule has 0 saturated carbocycles. The minimum atomic E-state index is -0.837. The number of guanidine groups is 1. The monoisotopic (exact) mass is 384 g/mol. The number of aliphatic imine (C=N–C) groups is 1. The standard InChI is InChI=1S/C21H28N4OS/c1-2-22-20(25-13-11-24(12-14-25)19-8-5-15-27-19)23-16-21(26)10-9-17-6-3-4-7-18(17)21/h3-8,15,26H,2,9-14,16H2,1H3,(H,22,23). The first kappa shape index (κ1) is 18.3. The Morgan fingerprint density at radius 3 is 2.74 bits per heavy atom. The first-order chi connectivity index (χ1) is 13.2. The Morgan fingerprint density at radius 1 is 1.19 bits per heavy atom. The zero-order valence-electron chi connectivity index (χ0n) is 15.9. The summed E-state index contributed by atoms with van der Waals surface area (Å²) in [5, 5.41) is 18.1. The molecule has 1 aromatic heterocycles. The van der Waals surface area contributed by atoms with E-state index < -0.39 is 5.60 Å². The van der Waals surface area contributed by atoms with Gasteiger partial charge in [-0.05, 0) is 48.4 Å². The number of benzene rings is 1. The highest BCUT2D eigenvalue weighted by atomic mass is 32.1. The van der Waals surface area contributed by atoms with Crippen molar-refractivity contribution in [2.75, 3.05) is 44.2 Å². The molecule has 1 unspecified atom stereocenters. The van der Waals surface area contributed by atoms with E-state index in [9.17, 15) is 5.11 Å². The van der Waals surface area contributed by atoms with Gasteiger partial charge in [0.15, 0.2) is 5.96 Å². The molecule has 2 aliphatic rings. The Labute approximate surface area is 165 Å². The van der Waals surface area contributed by atoms with Crippen molar-refractivity contribution in [3.05, 3.63) is 52.9 Å². The predicted octanol–water partition coefficient (Wildman–Crippen LogP) is 2.67. The van der Waals surface area contributed by atoms with E-state index in [1.807, 2.05) is 18.2 Å². The van der Waals surface area contributed by atoms with Gasteiger partial charge in [0.2, 0.25) is 0 Å². The van der Waals surface area contributed by atoms with Crippen LogP contribution in [0.15, 0.2) is 46.8 Å². The van der Waals surface area contributed by atoms with Crippen LogP contribution in [-0.2, 0) is 12.0 Å². The van der Waals surface area contributed by atoms with Crippen LogP contribution in [-0.4, -0.2) is 55.2 Å². The molecule has 27 heavy (non-hydrogen) atoms. The lowest BCUT2D eigenvalue weighted by Crippen LogP contribution is -2.52. The number of thiophene rings is 1. The average Bonchev–Trinajstić information content (AvgIpc) is 3.35. The number of anilines is 1. The second kappa shape index (κ2) is 7.90. The molecule has 1 saturated heterocycles. The van der Waals surface area contributed by atoms with Gasteiger partial charge in [-0.3, -0.25) is 0 Å². The largest absolute Gasteiger partial charge is 0.383 e. The molecule has 0 bridgehead atoms. The maximum atomic E-state index is 11.2. The minimum Gasteiger partial charge on any atom is -0.383 e. The lowest BCUT2D eigenvalue weighted by molar-refractivity contribution is 0.0482. The summed E-state index contributed by atoms with van der Waals surface area (Å²) in [5.41, 5.74) is 1.47. The highest BCUT2D eigenvalue weighted by molar-refractivity contribution is 7.14. The van der Waals surface area contributed by atoms with E-state index in [2.05, 4.69) is 45.6 Å². The second-order valence-electron chi connectivity index (χ2n) is 7.28. The van der Waals surface area contributed by atoms with E-state index in [0.29, 0.717) is 6.54 Å². The average molecular weight is 385 g/mol. The van der Waals surface area contributed by atoms with E-state index in [0.717, 1.165) is 57.1 Å². The summed E-state index contributed by atoms with van der Waals surface area (Å²) in [5.74, 6) is 0.918. The fourth-order valence-electron chi connectivity index (χ4n) is 4.05. The van der Waals surface area contributed by atoms with Gasteiger partial charge in [-0.1, -0.05) is 24.3 Å². The van der Waals surface area contributed by atoms with E-state index in [-0.39, 0.29) is 0 Å². The Bertz CT molecular complexity index is 783. The molecule has 5 nitrogen and oxygen atoms in total. The van der Waals surface area contributed by atoms with Crippen molar-refractivity contribution in [2.24, 2.45) is 4.99 Å². The molecule has 0 amide bonds. The number of nitrogens with one attached hydrogen (secondary N) is 1. The van der Waals surface area contributed by atoms with Crippen molar-refractivity contribution >= 4 is 22.3 Å². The number of hydrogen-bond donors (Lipinski definition) is 2. The van der Waals surface area contributed by atoms with Crippen molar-refractivity contribution in [1.29, 1.82) is 0 Å². The SMILES string of the molecule is CCNC(=NCC1(O)CCc2ccccc21)N1CCN(c2cccs2)CC1. The first-order valence-electron chi connectivity index (χ1n) is 9.82. The molecule has 2 aromatic rings. The lowest BCUT2D eigenvalue weighted by atomic mass is 9.96. The second-order valence-corrected chi connectivity index (χ2v) is 8.21. The highest BCUT2D eigenvalue weighted by Gasteiger charge is 2.36. The van der Waals surface area contributed by atoms with Gasteiger partial charge in [-0.15, -0.1) is 11.3 Å². The summed E-state index contributed by atoms with van der Waals surface area (Å²) in [7, 11) is 0. The summed E-state index contributed by atoms with van der Waals surface area (Å²) in [6, 6.07) is 12.5. The fraction of sp³-hybridized carbons (Fsp3) is 0.476. The van der Waals surface area contributed by atoms with E-state index >= 15 is 0 Å². The Hall–Kier alpha value is -2.05. The van der Waals surface area contributed by atoms with Crippen LogP contribution < -0.4 is 10.2 Å². The van der Waals surface area contributed by atoms with Crippen LogP contribution in [0, 0.1) is 0 Å². The van der Waals surface area contributed by atoms with Crippen molar-refractivity contribution in [1.82, 2.24) is 10.2 Å². The first-order valence-corrected chi connectivity index (χ1v) is 10.7. The lowest BCUT2D eigenvalue weighted by Gasteiger charge is -2.37. The van der Waals surface area contributed by atoms with Gasteiger partial charge < -0.3 is 20.2 Å². The van der Waals surface area contributed by atoms with Gasteiger partial charge in [0.1, 0.15) is 5.60 Å². The van der Waals surface area contributed by atoms with Crippen LogP contribution in [0.3, 0.4) is 0 Å². The Balaban J connectivity index is 1.44. The molecule has 144 valence electrons. The van der Waals surface area contributed by atoms with Crippen LogP contribution in [0.5, 0.6) is 0 Å². The van der Waals surface area contributed by atoms with Crippen LogP contribution in [0.1, 0.15) is 24.5 Å². The van der Waals surface area contributed by atoms with Crippen LogP contribution in [0.2, 0.25) is 0 Å². The van der Waals surface area contributed by atoms with Crippen LogP contribution in [0.4, 0.5) is 5.00 Å². The molecule has 1 aliphatic carbocycles. The third-order valence-electron chi connectivity index (χ3n) is 5.55. The van der Waals surface area contributed by atoms with E-state index in [4.69, 9.17) is 4.99 Å². The summed E-state index contributed by atoms with van der Waals surface area (Å²) in [6.07, 6.45) is 1.68. The molecule has 4 rings (SSSR count). The quantitative estimate of drug-likeness (QED) is 0.629. The number of nitrogens with zero attached hydrogens (tertiary/aromatic N) is 3. The Morgan fingerprint density at radius 2 is 2.00 bits per heavy atom. The molecule has 2 N–H and O–H groups in total. The summed E-state index contributed by atoms with van der Waals surface area (Å²) < 4.78 is 0. The number of aliphatic hydroxyl groups is 1. The molecule has 1 aliphatic heterocycles. The van der Waals surface area contributed by atoms with Crippen molar-refractivity contribution in [2.45, 2.75) is 25.4 Å². The van der Waals surface area contributed by atoms with Crippen molar-refractivity contribution < 1.29 is 5.11 Å². The van der Waals surface area contributed by atoms with Gasteiger partial charge in [0.25, 0.3) is 0 Å². The van der Waals surface area contributed by atoms with Gasteiger partial charge in [-0.2, -0.15) is 0 Å². The molecular formula is C21H28N4OS. The topological polar surface area (TPSA) is 51.1 Å². The summed E-state index contributed by atoms with van der Waals surface area (Å²) >= 11 is 1.80. The van der Waals surface area contributed by atoms with E-state index in [1.54, 1.807) is 11.3 Å².